The molecule has 18 heavy (non-hydrogen) atoms. The van der Waals surface area contributed by atoms with E-state index in [-0.39, 0.29) is 0 Å². The number of benzene rings is 2. The summed E-state index contributed by atoms with van der Waals surface area (Å²) in [5.74, 6) is 0.967. The highest BCUT2D eigenvalue weighted by atomic mass is 32.2. The van der Waals surface area contributed by atoms with E-state index in [1.165, 1.54) is 21.6 Å². The molecule has 0 amide bonds. The van der Waals surface area contributed by atoms with Crippen LogP contribution in [0.3, 0.4) is 0 Å². The van der Waals surface area contributed by atoms with E-state index >= 15 is 0 Å². The Kier molecular flexibility index (Phi) is 4.32. The number of hydrogen-bond acceptors (Lipinski definition) is 2. The Labute approximate surface area is 113 Å². The molecule has 1 nitrogen and oxygen atoms in total. The van der Waals surface area contributed by atoms with Crippen molar-refractivity contribution in [3.63, 3.8) is 0 Å². The summed E-state index contributed by atoms with van der Waals surface area (Å²) < 4.78 is 5.87. The average molecular weight is 258 g/mol. The van der Waals surface area contributed by atoms with Crippen molar-refractivity contribution >= 4 is 11.8 Å². The molecule has 0 saturated carbocycles. The lowest BCUT2D eigenvalue weighted by Crippen LogP contribution is -1.97. The van der Waals surface area contributed by atoms with Crippen LogP contribution in [0.2, 0.25) is 0 Å². The summed E-state index contributed by atoms with van der Waals surface area (Å²) >= 11 is 1.75. The van der Waals surface area contributed by atoms with Gasteiger partial charge in [0.05, 0.1) is 0 Å². The van der Waals surface area contributed by atoms with Gasteiger partial charge < -0.3 is 4.74 Å². The summed E-state index contributed by atoms with van der Waals surface area (Å²) in [6, 6.07) is 14.7. The van der Waals surface area contributed by atoms with Crippen LogP contribution in [-0.2, 0) is 6.61 Å². The van der Waals surface area contributed by atoms with Gasteiger partial charge in [0, 0.05) is 4.90 Å². The molecule has 0 fully saturated rings. The third-order valence-electron chi connectivity index (χ3n) is 2.86. The maximum atomic E-state index is 5.87. The number of thioether (sulfide) groups is 1. The Bertz CT molecular complexity index is 534. The van der Waals surface area contributed by atoms with Crippen LogP contribution in [0.1, 0.15) is 16.7 Å². The van der Waals surface area contributed by atoms with Crippen molar-refractivity contribution < 1.29 is 4.74 Å². The fourth-order valence-corrected chi connectivity index (χ4v) is 2.37. The van der Waals surface area contributed by atoms with Crippen LogP contribution in [0, 0.1) is 13.8 Å². The summed E-state index contributed by atoms with van der Waals surface area (Å²) in [6.45, 7) is 4.81. The molecule has 0 heterocycles. The van der Waals surface area contributed by atoms with Crippen LogP contribution >= 0.6 is 11.8 Å². The summed E-state index contributed by atoms with van der Waals surface area (Å²) in [5.41, 5.74) is 3.67. The molecular formula is C16H18OS. The van der Waals surface area contributed by atoms with Crippen LogP contribution in [0.4, 0.5) is 0 Å². The standard InChI is InChI=1S/C16H18OS/c1-12-5-4-6-14(9-12)11-17-16-8-7-15(18-3)10-13(16)2/h4-10H,11H2,1-3H3. The summed E-state index contributed by atoms with van der Waals surface area (Å²) in [6.07, 6.45) is 2.09. The summed E-state index contributed by atoms with van der Waals surface area (Å²) in [5, 5.41) is 0. The number of ether oxygens (including phenoxy) is 1. The van der Waals surface area contributed by atoms with Gasteiger partial charge in [-0.2, -0.15) is 0 Å². The van der Waals surface area contributed by atoms with Crippen molar-refractivity contribution in [2.75, 3.05) is 6.26 Å². The molecule has 2 aromatic rings. The third-order valence-corrected chi connectivity index (χ3v) is 3.58. The lowest BCUT2D eigenvalue weighted by Gasteiger charge is -2.10. The zero-order valence-corrected chi connectivity index (χ0v) is 11.9. The van der Waals surface area contributed by atoms with Crippen molar-refractivity contribution in [3.05, 3.63) is 59.2 Å². The minimum absolute atomic E-state index is 0.626. The van der Waals surface area contributed by atoms with Gasteiger partial charge in [-0.15, -0.1) is 11.8 Å². The van der Waals surface area contributed by atoms with Gasteiger partial charge in [-0.1, -0.05) is 29.8 Å². The Hall–Kier alpha value is -1.41. The van der Waals surface area contributed by atoms with Gasteiger partial charge in [-0.05, 0) is 49.4 Å². The van der Waals surface area contributed by atoms with Gasteiger partial charge in [-0.25, -0.2) is 0 Å². The van der Waals surface area contributed by atoms with Crippen LogP contribution in [-0.4, -0.2) is 6.26 Å². The SMILES string of the molecule is CSc1ccc(OCc2cccc(C)c2)c(C)c1. The van der Waals surface area contributed by atoms with E-state index in [0.29, 0.717) is 6.61 Å². The molecule has 0 unspecified atom stereocenters. The molecule has 0 atom stereocenters. The van der Waals surface area contributed by atoms with Crippen molar-refractivity contribution in [3.8, 4) is 5.75 Å². The van der Waals surface area contributed by atoms with E-state index in [9.17, 15) is 0 Å². The molecule has 0 bridgehead atoms. The minimum Gasteiger partial charge on any atom is -0.489 e. The molecule has 0 aliphatic carbocycles. The molecule has 0 aromatic heterocycles. The summed E-state index contributed by atoms with van der Waals surface area (Å²) in [7, 11) is 0. The fourth-order valence-electron chi connectivity index (χ4n) is 1.87. The third kappa shape index (κ3) is 3.30. The van der Waals surface area contributed by atoms with E-state index in [0.717, 1.165) is 5.75 Å². The average Bonchev–Trinajstić information content (AvgIpc) is 2.37. The second-order valence-electron chi connectivity index (χ2n) is 4.41. The van der Waals surface area contributed by atoms with E-state index in [1.54, 1.807) is 11.8 Å². The van der Waals surface area contributed by atoms with Gasteiger partial charge in [0.15, 0.2) is 0 Å². The van der Waals surface area contributed by atoms with Crippen LogP contribution in [0.25, 0.3) is 0 Å². The lowest BCUT2D eigenvalue weighted by atomic mass is 10.1. The van der Waals surface area contributed by atoms with E-state index < -0.39 is 0 Å². The Morgan fingerprint density at radius 1 is 1.06 bits per heavy atom. The Morgan fingerprint density at radius 3 is 2.56 bits per heavy atom. The van der Waals surface area contributed by atoms with Crippen molar-refractivity contribution in [2.24, 2.45) is 0 Å². The molecule has 0 N–H and O–H groups in total. The minimum atomic E-state index is 0.626. The van der Waals surface area contributed by atoms with Crippen LogP contribution < -0.4 is 4.74 Å². The quantitative estimate of drug-likeness (QED) is 0.741. The van der Waals surface area contributed by atoms with E-state index in [1.807, 2.05) is 0 Å². The first kappa shape index (κ1) is 13.0. The van der Waals surface area contributed by atoms with Crippen molar-refractivity contribution in [2.45, 2.75) is 25.3 Å². The van der Waals surface area contributed by atoms with Gasteiger partial charge in [0.1, 0.15) is 12.4 Å². The first-order valence-electron chi connectivity index (χ1n) is 6.02. The molecule has 0 saturated heterocycles. The van der Waals surface area contributed by atoms with Crippen molar-refractivity contribution in [1.29, 1.82) is 0 Å². The smallest absolute Gasteiger partial charge is 0.122 e. The molecular weight excluding hydrogens is 240 g/mol. The lowest BCUT2D eigenvalue weighted by molar-refractivity contribution is 0.304. The highest BCUT2D eigenvalue weighted by molar-refractivity contribution is 7.98. The first-order valence-corrected chi connectivity index (χ1v) is 7.24. The van der Waals surface area contributed by atoms with Gasteiger partial charge in [0.25, 0.3) is 0 Å². The molecule has 0 radical (unpaired) electrons. The van der Waals surface area contributed by atoms with Crippen LogP contribution in [0.5, 0.6) is 5.75 Å². The molecule has 0 spiro atoms. The van der Waals surface area contributed by atoms with Gasteiger partial charge in [0.2, 0.25) is 0 Å². The molecule has 2 rings (SSSR count). The molecule has 2 aromatic carbocycles. The summed E-state index contributed by atoms with van der Waals surface area (Å²) in [4.78, 5) is 1.27. The fraction of sp³-hybridized carbons (Fsp3) is 0.250. The zero-order valence-electron chi connectivity index (χ0n) is 11.1. The van der Waals surface area contributed by atoms with Gasteiger partial charge >= 0.3 is 0 Å². The second kappa shape index (κ2) is 5.96. The van der Waals surface area contributed by atoms with E-state index in [4.69, 9.17) is 4.74 Å². The first-order chi connectivity index (χ1) is 8.69. The highest BCUT2D eigenvalue weighted by Crippen LogP contribution is 2.24. The molecule has 0 aliphatic heterocycles. The number of rotatable bonds is 4. The maximum absolute atomic E-state index is 5.87. The monoisotopic (exact) mass is 258 g/mol. The Morgan fingerprint density at radius 2 is 1.89 bits per heavy atom. The highest BCUT2D eigenvalue weighted by Gasteiger charge is 2.01. The zero-order chi connectivity index (χ0) is 13.0. The van der Waals surface area contributed by atoms with E-state index in [2.05, 4.69) is 62.6 Å². The number of aryl methyl sites for hydroxylation is 2. The Balaban J connectivity index is 2.06. The predicted molar refractivity (Wildman–Crippen MR) is 78.5 cm³/mol. The molecule has 0 aliphatic rings. The predicted octanol–water partition coefficient (Wildman–Crippen LogP) is 4.60. The second-order valence-corrected chi connectivity index (χ2v) is 5.29. The topological polar surface area (TPSA) is 9.23 Å². The number of hydrogen-bond donors (Lipinski definition) is 0. The van der Waals surface area contributed by atoms with Crippen LogP contribution in [0.15, 0.2) is 47.4 Å². The van der Waals surface area contributed by atoms with Crippen molar-refractivity contribution in [1.82, 2.24) is 0 Å². The maximum Gasteiger partial charge on any atom is 0.122 e. The molecule has 94 valence electrons. The molecule has 2 heteroatoms. The van der Waals surface area contributed by atoms with Gasteiger partial charge in [-0.3, -0.25) is 0 Å². The largest absolute Gasteiger partial charge is 0.489 e. The normalized spacial score (nSPS) is 10.4.